The predicted molar refractivity (Wildman–Crippen MR) is 89.2 cm³/mol. The Hall–Kier alpha value is -0.880. The Kier molecular flexibility index (Phi) is 3.47. The summed E-state index contributed by atoms with van der Waals surface area (Å²) in [7, 11) is 0. The maximum Gasteiger partial charge on any atom is 0.201 e. The molecule has 5 heterocycles. The first-order valence-corrected chi connectivity index (χ1v) is 9.69. The average Bonchev–Trinajstić information content (AvgIpc) is 2.88. The molecular weight excluding hydrogens is 320 g/mol. The Balaban J connectivity index is 1.59. The number of fused-ring (bicyclic) bond motifs is 2. The van der Waals surface area contributed by atoms with Crippen LogP contribution in [0.4, 0.5) is 0 Å². The van der Waals surface area contributed by atoms with Crippen molar-refractivity contribution in [2.45, 2.75) is 77.2 Å². The van der Waals surface area contributed by atoms with Gasteiger partial charge in [-0.2, -0.15) is 0 Å². The summed E-state index contributed by atoms with van der Waals surface area (Å²) < 4.78 is 18.8. The molecule has 4 saturated heterocycles. The molecule has 1 spiro atoms. The summed E-state index contributed by atoms with van der Waals surface area (Å²) in [5.41, 5.74) is -0.495. The third-order valence-corrected chi connectivity index (χ3v) is 7.20. The van der Waals surface area contributed by atoms with Crippen LogP contribution in [-0.2, 0) is 19.2 Å². The van der Waals surface area contributed by atoms with Crippen LogP contribution in [0.2, 0.25) is 0 Å². The van der Waals surface area contributed by atoms with Crippen molar-refractivity contribution in [1.82, 2.24) is 0 Å². The van der Waals surface area contributed by atoms with Crippen LogP contribution in [0.25, 0.3) is 0 Å². The van der Waals surface area contributed by atoms with Gasteiger partial charge in [-0.1, -0.05) is 13.8 Å². The highest BCUT2D eigenvalue weighted by atomic mass is 17.3. The number of aryl methyl sites for hydroxylation is 1. The monoisotopic (exact) mass is 348 g/mol. The Morgan fingerprint density at radius 2 is 1.88 bits per heavy atom. The van der Waals surface area contributed by atoms with Crippen molar-refractivity contribution in [1.29, 1.82) is 0 Å². The number of hydrogen-bond acceptors (Lipinski definition) is 5. The fourth-order valence-corrected chi connectivity index (χ4v) is 5.84. The van der Waals surface area contributed by atoms with Gasteiger partial charge in [-0.25, -0.2) is 9.78 Å². The number of furan rings is 1. The van der Waals surface area contributed by atoms with E-state index in [4.69, 9.17) is 23.7 Å². The lowest BCUT2D eigenvalue weighted by Gasteiger charge is -2.60. The molecule has 25 heavy (non-hydrogen) atoms. The van der Waals surface area contributed by atoms with E-state index in [-0.39, 0.29) is 12.0 Å². The molecule has 0 radical (unpaired) electrons. The molecule has 1 saturated carbocycles. The molecule has 8 atom stereocenters. The van der Waals surface area contributed by atoms with Gasteiger partial charge in [0, 0.05) is 12.3 Å². The number of ether oxygens (including phenoxy) is 2. The zero-order valence-corrected chi connectivity index (χ0v) is 15.5. The molecule has 1 aromatic heterocycles. The second-order valence-electron chi connectivity index (χ2n) is 8.77. The molecule has 5 aliphatic rings. The molecular formula is C20H28O5. The van der Waals surface area contributed by atoms with Crippen LogP contribution in [-0.4, -0.2) is 17.7 Å². The van der Waals surface area contributed by atoms with Crippen molar-refractivity contribution in [3.8, 4) is 0 Å². The van der Waals surface area contributed by atoms with Gasteiger partial charge < -0.3 is 13.9 Å². The van der Waals surface area contributed by atoms with Crippen LogP contribution in [0, 0.1) is 30.6 Å². The van der Waals surface area contributed by atoms with E-state index in [0.717, 1.165) is 30.8 Å². The van der Waals surface area contributed by atoms with E-state index in [1.165, 1.54) is 6.42 Å². The summed E-state index contributed by atoms with van der Waals surface area (Å²) in [5, 5.41) is 0. The lowest BCUT2D eigenvalue weighted by molar-refractivity contribution is -0.572. The van der Waals surface area contributed by atoms with E-state index < -0.39 is 17.7 Å². The van der Waals surface area contributed by atoms with E-state index >= 15 is 0 Å². The molecule has 5 fully saturated rings. The van der Waals surface area contributed by atoms with Crippen molar-refractivity contribution < 1.29 is 23.7 Å². The van der Waals surface area contributed by atoms with Gasteiger partial charge in [-0.3, -0.25) is 0 Å². The minimum Gasteiger partial charge on any atom is -0.464 e. The quantitative estimate of drug-likeness (QED) is 0.699. The highest BCUT2D eigenvalue weighted by Crippen LogP contribution is 2.62. The van der Waals surface area contributed by atoms with Crippen LogP contribution in [0.15, 0.2) is 16.5 Å². The fourth-order valence-electron chi connectivity index (χ4n) is 5.84. The maximum absolute atomic E-state index is 6.54. The summed E-state index contributed by atoms with van der Waals surface area (Å²) in [4.78, 5) is 12.0. The first kappa shape index (κ1) is 16.3. The lowest BCUT2D eigenvalue weighted by atomic mass is 9.57. The normalized spacial score (nSPS) is 51.8. The largest absolute Gasteiger partial charge is 0.464 e. The van der Waals surface area contributed by atoms with E-state index in [1.54, 1.807) is 0 Å². The molecule has 0 aromatic carbocycles. The Labute approximate surface area is 148 Å². The van der Waals surface area contributed by atoms with Crippen molar-refractivity contribution in [3.63, 3.8) is 0 Å². The second kappa shape index (κ2) is 5.32. The Bertz CT molecular complexity index is 671. The second-order valence-corrected chi connectivity index (χ2v) is 8.77. The predicted octanol–water partition coefficient (Wildman–Crippen LogP) is 4.51. The summed E-state index contributed by atoms with van der Waals surface area (Å²) in [6, 6.07) is 4.04. The molecule has 5 nitrogen and oxygen atoms in total. The van der Waals surface area contributed by atoms with Gasteiger partial charge in [-0.05, 0) is 63.0 Å². The first-order valence-electron chi connectivity index (χ1n) is 9.69. The third-order valence-electron chi connectivity index (χ3n) is 7.20. The number of rotatable bonds is 1. The van der Waals surface area contributed by atoms with E-state index in [2.05, 4.69) is 13.8 Å². The summed E-state index contributed by atoms with van der Waals surface area (Å²) >= 11 is 0. The topological polar surface area (TPSA) is 50.1 Å². The van der Waals surface area contributed by atoms with Gasteiger partial charge >= 0.3 is 0 Å². The Morgan fingerprint density at radius 3 is 2.64 bits per heavy atom. The van der Waals surface area contributed by atoms with Crippen molar-refractivity contribution in [2.24, 2.45) is 23.7 Å². The SMILES string of the molecule is Cc1ccc([C@@H]2O[C@@H]3O[C@@]4(C)CC[C@H]5[C@H](C)CC[C@@H]([C@H]2C)[C@@]35OO4)o1. The lowest BCUT2D eigenvalue weighted by Crippen LogP contribution is -2.69. The highest BCUT2D eigenvalue weighted by Gasteiger charge is 2.69. The zero-order valence-electron chi connectivity index (χ0n) is 15.5. The van der Waals surface area contributed by atoms with Crippen LogP contribution < -0.4 is 0 Å². The smallest absolute Gasteiger partial charge is 0.201 e. The minimum absolute atomic E-state index is 0.102. The molecule has 4 aliphatic heterocycles. The molecule has 2 bridgehead atoms. The van der Waals surface area contributed by atoms with Gasteiger partial charge in [-0.15, -0.1) is 0 Å². The molecule has 1 aliphatic carbocycles. The summed E-state index contributed by atoms with van der Waals surface area (Å²) in [5.74, 6) is 2.70. The summed E-state index contributed by atoms with van der Waals surface area (Å²) in [6.45, 7) is 8.53. The van der Waals surface area contributed by atoms with Crippen molar-refractivity contribution >= 4 is 0 Å². The molecule has 6 rings (SSSR count). The molecule has 0 N–H and O–H groups in total. The van der Waals surface area contributed by atoms with Crippen LogP contribution >= 0.6 is 0 Å². The van der Waals surface area contributed by atoms with Gasteiger partial charge in [0.15, 0.2) is 11.9 Å². The minimum atomic E-state index is -0.721. The highest BCUT2D eigenvalue weighted by molar-refractivity contribution is 5.15. The van der Waals surface area contributed by atoms with Crippen molar-refractivity contribution in [2.75, 3.05) is 0 Å². The average molecular weight is 348 g/mol. The van der Waals surface area contributed by atoms with E-state index in [0.29, 0.717) is 17.8 Å². The molecule has 1 aromatic rings. The van der Waals surface area contributed by atoms with Gasteiger partial charge in [0.2, 0.25) is 5.79 Å². The Morgan fingerprint density at radius 1 is 1.04 bits per heavy atom. The van der Waals surface area contributed by atoms with Crippen LogP contribution in [0.3, 0.4) is 0 Å². The molecule has 138 valence electrons. The number of hydrogen-bond donors (Lipinski definition) is 0. The van der Waals surface area contributed by atoms with E-state index in [1.807, 2.05) is 26.0 Å². The first-order chi connectivity index (χ1) is 11.9. The molecule has 5 heteroatoms. The molecule has 0 amide bonds. The van der Waals surface area contributed by atoms with Gasteiger partial charge in [0.05, 0.1) is 0 Å². The summed E-state index contributed by atoms with van der Waals surface area (Å²) in [6.07, 6.45) is 3.73. The van der Waals surface area contributed by atoms with Crippen LogP contribution in [0.5, 0.6) is 0 Å². The molecule has 0 unspecified atom stereocenters. The van der Waals surface area contributed by atoms with Gasteiger partial charge in [0.1, 0.15) is 17.6 Å². The van der Waals surface area contributed by atoms with Crippen LogP contribution in [0.1, 0.15) is 64.1 Å². The third kappa shape index (κ3) is 2.16. The fraction of sp³-hybridized carbons (Fsp3) is 0.800. The van der Waals surface area contributed by atoms with E-state index in [9.17, 15) is 0 Å². The maximum atomic E-state index is 6.54. The van der Waals surface area contributed by atoms with Gasteiger partial charge in [0.25, 0.3) is 0 Å². The van der Waals surface area contributed by atoms with Crippen molar-refractivity contribution in [3.05, 3.63) is 23.7 Å². The zero-order chi connectivity index (χ0) is 17.4. The standard InChI is InChI=1S/C20H28O5/c1-11-5-7-15-13(3)17(16-8-6-12(2)21-16)22-18-20(15)14(11)9-10-19(4,23-18)24-25-20/h6,8,11,13-15,17-18H,5,7,9-10H2,1-4H3/t11-,13-,14+,15+,17-,18-,19-,20-/m1/s1.